The highest BCUT2D eigenvalue weighted by Crippen LogP contribution is 2.42. The first kappa shape index (κ1) is 12.8. The molecular weight excluding hydrogens is 244 g/mol. The van der Waals surface area contributed by atoms with E-state index in [0.29, 0.717) is 17.1 Å². The van der Waals surface area contributed by atoms with E-state index in [1.807, 2.05) is 11.8 Å². The van der Waals surface area contributed by atoms with E-state index in [0.717, 1.165) is 11.1 Å². The molecule has 6 heteroatoms. The number of rotatable bonds is 6. The highest BCUT2D eigenvalue weighted by molar-refractivity contribution is 8.00. The van der Waals surface area contributed by atoms with Crippen molar-refractivity contribution >= 4 is 11.8 Å². The summed E-state index contributed by atoms with van der Waals surface area (Å²) in [7, 11) is 0. The van der Waals surface area contributed by atoms with Crippen LogP contribution >= 0.6 is 11.8 Å². The van der Waals surface area contributed by atoms with E-state index < -0.39 is 6.55 Å². The molecule has 0 radical (unpaired) electrons. The van der Waals surface area contributed by atoms with Crippen LogP contribution in [0.4, 0.5) is 8.78 Å². The number of imidazole rings is 1. The number of hydrogen-bond donors (Lipinski definition) is 1. The van der Waals surface area contributed by atoms with Gasteiger partial charge in [0.05, 0.1) is 6.54 Å². The minimum Gasteiger partial charge on any atom is -0.309 e. The summed E-state index contributed by atoms with van der Waals surface area (Å²) in [6.07, 6.45) is 8.54. The molecule has 0 saturated heterocycles. The van der Waals surface area contributed by atoms with Gasteiger partial charge in [-0.2, -0.15) is 20.5 Å². The monoisotopic (exact) mass is 261 g/mol. The van der Waals surface area contributed by atoms with Crippen LogP contribution in [0.2, 0.25) is 0 Å². The van der Waals surface area contributed by atoms with E-state index in [9.17, 15) is 8.78 Å². The predicted octanol–water partition coefficient (Wildman–Crippen LogP) is 2.65. The number of thioether (sulfide) groups is 1. The van der Waals surface area contributed by atoms with Crippen molar-refractivity contribution in [3.8, 4) is 0 Å². The van der Waals surface area contributed by atoms with Crippen molar-refractivity contribution < 1.29 is 8.78 Å². The van der Waals surface area contributed by atoms with Gasteiger partial charge >= 0.3 is 6.55 Å². The molecule has 17 heavy (non-hydrogen) atoms. The number of alkyl halides is 2. The van der Waals surface area contributed by atoms with Crippen LogP contribution in [0.1, 0.15) is 31.6 Å². The Balaban J connectivity index is 1.83. The fourth-order valence-corrected chi connectivity index (χ4v) is 3.03. The molecule has 0 bridgehead atoms. The second kappa shape index (κ2) is 5.35. The lowest BCUT2D eigenvalue weighted by Crippen LogP contribution is -2.43. The molecule has 96 valence electrons. The lowest BCUT2D eigenvalue weighted by atomic mass is 9.84. The number of aromatic nitrogens is 2. The Bertz CT molecular complexity index is 358. The van der Waals surface area contributed by atoms with Crippen molar-refractivity contribution in [3.63, 3.8) is 0 Å². The molecule has 0 amide bonds. The van der Waals surface area contributed by atoms with Gasteiger partial charge in [0.15, 0.2) is 0 Å². The molecule has 1 aromatic heterocycles. The first-order chi connectivity index (χ1) is 8.17. The van der Waals surface area contributed by atoms with Gasteiger partial charge in [0.1, 0.15) is 5.82 Å². The Kier molecular flexibility index (Phi) is 4.04. The van der Waals surface area contributed by atoms with Gasteiger partial charge in [0, 0.05) is 23.7 Å². The van der Waals surface area contributed by atoms with Gasteiger partial charge in [-0.15, -0.1) is 0 Å². The molecular formula is C11H17F2N3S. The topological polar surface area (TPSA) is 29.9 Å². The van der Waals surface area contributed by atoms with Crippen molar-refractivity contribution in [3.05, 3.63) is 18.2 Å². The fourth-order valence-electron chi connectivity index (χ4n) is 2.08. The van der Waals surface area contributed by atoms with Gasteiger partial charge in [0.2, 0.25) is 0 Å². The number of halogens is 2. The standard InChI is InChI=1S/C11H17F2N3S/c1-17-11(3-2-4-11)8-14-7-9-15-5-6-16(9)10(12)13/h5-6,10,14H,2-4,7-8H2,1H3. The summed E-state index contributed by atoms with van der Waals surface area (Å²) >= 11 is 1.87. The van der Waals surface area contributed by atoms with Crippen LogP contribution in [0.15, 0.2) is 12.4 Å². The van der Waals surface area contributed by atoms with Crippen LogP contribution in [-0.4, -0.2) is 27.1 Å². The van der Waals surface area contributed by atoms with Crippen molar-refractivity contribution in [1.29, 1.82) is 0 Å². The highest BCUT2D eigenvalue weighted by Gasteiger charge is 2.35. The van der Waals surface area contributed by atoms with E-state index in [1.54, 1.807) is 0 Å². The summed E-state index contributed by atoms with van der Waals surface area (Å²) in [6.45, 7) is -1.24. The van der Waals surface area contributed by atoms with Gasteiger partial charge in [-0.3, -0.25) is 4.57 Å². The van der Waals surface area contributed by atoms with E-state index in [4.69, 9.17) is 0 Å². The average molecular weight is 261 g/mol. The molecule has 1 fully saturated rings. The maximum atomic E-state index is 12.6. The second-order valence-corrected chi connectivity index (χ2v) is 5.65. The summed E-state index contributed by atoms with van der Waals surface area (Å²) in [5.41, 5.74) is 0. The van der Waals surface area contributed by atoms with Crippen LogP contribution in [0.3, 0.4) is 0 Å². The third kappa shape index (κ3) is 2.80. The summed E-state index contributed by atoms with van der Waals surface area (Å²) < 4.78 is 26.3. The largest absolute Gasteiger partial charge is 0.319 e. The zero-order valence-electron chi connectivity index (χ0n) is 9.83. The lowest BCUT2D eigenvalue weighted by Gasteiger charge is -2.40. The minimum absolute atomic E-state index is 0.322. The zero-order chi connectivity index (χ0) is 12.3. The van der Waals surface area contributed by atoms with Crippen LogP contribution in [-0.2, 0) is 6.54 Å². The Labute approximate surface area is 104 Å². The van der Waals surface area contributed by atoms with Gasteiger partial charge in [-0.25, -0.2) is 4.98 Å². The maximum Gasteiger partial charge on any atom is 0.319 e. The normalized spacial score (nSPS) is 18.4. The summed E-state index contributed by atoms with van der Waals surface area (Å²) in [6, 6.07) is 0. The van der Waals surface area contributed by atoms with Gasteiger partial charge in [-0.05, 0) is 19.1 Å². The van der Waals surface area contributed by atoms with Crippen molar-refractivity contribution in [2.24, 2.45) is 0 Å². The third-order valence-electron chi connectivity index (χ3n) is 3.39. The van der Waals surface area contributed by atoms with Gasteiger partial charge < -0.3 is 5.32 Å². The first-order valence-corrected chi connectivity index (χ1v) is 6.95. The lowest BCUT2D eigenvalue weighted by molar-refractivity contribution is 0.0665. The van der Waals surface area contributed by atoms with Crippen LogP contribution in [0.25, 0.3) is 0 Å². The number of nitrogens with zero attached hydrogens (tertiary/aromatic N) is 2. The number of nitrogens with one attached hydrogen (secondary N) is 1. The van der Waals surface area contributed by atoms with Crippen LogP contribution in [0.5, 0.6) is 0 Å². The second-order valence-electron chi connectivity index (χ2n) is 4.37. The maximum absolute atomic E-state index is 12.6. The molecule has 3 nitrogen and oxygen atoms in total. The Hall–Kier alpha value is -0.620. The molecule has 1 saturated carbocycles. The Morgan fingerprint density at radius 2 is 2.35 bits per heavy atom. The van der Waals surface area contributed by atoms with E-state index in [1.165, 1.54) is 31.7 Å². The molecule has 0 aliphatic heterocycles. The van der Waals surface area contributed by atoms with Gasteiger partial charge in [-0.1, -0.05) is 6.42 Å². The van der Waals surface area contributed by atoms with Crippen LogP contribution in [0, 0.1) is 0 Å². The molecule has 1 aliphatic carbocycles. The molecule has 0 unspecified atom stereocenters. The summed E-state index contributed by atoms with van der Waals surface area (Å²) in [4.78, 5) is 3.94. The Morgan fingerprint density at radius 3 is 2.88 bits per heavy atom. The van der Waals surface area contributed by atoms with Crippen molar-refractivity contribution in [1.82, 2.24) is 14.9 Å². The molecule has 0 aromatic carbocycles. The number of hydrogen-bond acceptors (Lipinski definition) is 3. The molecule has 0 atom stereocenters. The molecule has 0 spiro atoms. The first-order valence-electron chi connectivity index (χ1n) is 5.73. The molecule has 1 aliphatic rings. The summed E-state index contributed by atoms with van der Waals surface area (Å²) in [5.74, 6) is 0.399. The zero-order valence-corrected chi connectivity index (χ0v) is 10.6. The molecule has 1 N–H and O–H groups in total. The minimum atomic E-state index is -2.51. The third-order valence-corrected chi connectivity index (χ3v) is 4.81. The molecule has 2 rings (SSSR count). The van der Waals surface area contributed by atoms with Crippen molar-refractivity contribution in [2.75, 3.05) is 12.8 Å². The van der Waals surface area contributed by atoms with Crippen LogP contribution < -0.4 is 5.32 Å². The predicted molar refractivity (Wildman–Crippen MR) is 65.3 cm³/mol. The molecule has 1 aromatic rings. The highest BCUT2D eigenvalue weighted by atomic mass is 32.2. The van der Waals surface area contributed by atoms with E-state index >= 15 is 0 Å². The Morgan fingerprint density at radius 1 is 1.59 bits per heavy atom. The van der Waals surface area contributed by atoms with Gasteiger partial charge in [0.25, 0.3) is 0 Å². The van der Waals surface area contributed by atoms with Crippen molar-refractivity contribution in [2.45, 2.75) is 37.1 Å². The van der Waals surface area contributed by atoms with E-state index in [2.05, 4.69) is 16.6 Å². The summed E-state index contributed by atoms with van der Waals surface area (Å²) in [5, 5.41) is 3.24. The smallest absolute Gasteiger partial charge is 0.309 e. The molecule has 1 heterocycles. The van der Waals surface area contributed by atoms with E-state index in [-0.39, 0.29) is 0 Å². The fraction of sp³-hybridized carbons (Fsp3) is 0.727. The quantitative estimate of drug-likeness (QED) is 0.854. The average Bonchev–Trinajstić information content (AvgIpc) is 2.70. The SMILES string of the molecule is CSC1(CNCc2nccn2C(F)F)CCC1.